The van der Waals surface area contributed by atoms with Crippen molar-refractivity contribution in [3.63, 3.8) is 0 Å². The lowest BCUT2D eigenvalue weighted by Gasteiger charge is -2.19. The second kappa shape index (κ2) is 5.98. The Hall–Kier alpha value is -1.68. The fourth-order valence-electron chi connectivity index (χ4n) is 2.88. The highest BCUT2D eigenvalue weighted by molar-refractivity contribution is 7.10. The summed E-state index contributed by atoms with van der Waals surface area (Å²) in [5, 5.41) is 5.12. The van der Waals surface area contributed by atoms with Crippen LogP contribution in [-0.2, 0) is 12.8 Å². The number of carbonyl (C=O) groups excluding carboxylic acids is 1. The minimum atomic E-state index is -0.00133. The van der Waals surface area contributed by atoms with Crippen LogP contribution in [-0.4, -0.2) is 10.9 Å². The highest BCUT2D eigenvalue weighted by Crippen LogP contribution is 2.33. The average molecular weight is 300 g/mol. The first-order valence-electron chi connectivity index (χ1n) is 7.45. The number of nitrogens with one attached hydrogen (secondary N) is 1. The zero-order valence-electron chi connectivity index (χ0n) is 12.4. The van der Waals surface area contributed by atoms with E-state index in [2.05, 4.69) is 17.2 Å². The molecule has 1 aliphatic carbocycles. The predicted molar refractivity (Wildman–Crippen MR) is 85.6 cm³/mol. The van der Waals surface area contributed by atoms with Crippen LogP contribution in [0, 0.1) is 5.92 Å². The summed E-state index contributed by atoms with van der Waals surface area (Å²) in [6, 6.07) is 3.88. The number of aromatic nitrogens is 1. The molecule has 110 valence electrons. The molecule has 0 aliphatic heterocycles. The van der Waals surface area contributed by atoms with Gasteiger partial charge in [-0.1, -0.05) is 6.92 Å². The lowest BCUT2D eigenvalue weighted by atomic mass is 9.88. The van der Waals surface area contributed by atoms with Gasteiger partial charge in [-0.25, -0.2) is 0 Å². The van der Waals surface area contributed by atoms with Crippen LogP contribution in [0.15, 0.2) is 29.9 Å². The highest BCUT2D eigenvalue weighted by Gasteiger charge is 2.23. The first kappa shape index (κ1) is 14.3. The van der Waals surface area contributed by atoms with Gasteiger partial charge < -0.3 is 5.32 Å². The third kappa shape index (κ3) is 3.00. The summed E-state index contributed by atoms with van der Waals surface area (Å²) in [5.74, 6) is 0.786. The molecule has 4 heteroatoms. The van der Waals surface area contributed by atoms with E-state index in [-0.39, 0.29) is 11.9 Å². The molecule has 0 unspecified atom stereocenters. The molecule has 1 aliphatic rings. The van der Waals surface area contributed by atoms with Crippen molar-refractivity contribution >= 4 is 17.2 Å². The number of fused-ring (bicyclic) bond motifs is 1. The summed E-state index contributed by atoms with van der Waals surface area (Å²) < 4.78 is 0. The smallest absolute Gasteiger partial charge is 0.252 e. The molecule has 0 saturated carbocycles. The molecule has 0 fully saturated rings. The van der Waals surface area contributed by atoms with Crippen molar-refractivity contribution < 1.29 is 4.79 Å². The van der Waals surface area contributed by atoms with E-state index in [1.807, 2.05) is 24.4 Å². The molecule has 0 radical (unpaired) electrons. The molecule has 2 aromatic heterocycles. The van der Waals surface area contributed by atoms with Gasteiger partial charge in [0.1, 0.15) is 0 Å². The topological polar surface area (TPSA) is 42.0 Å². The third-order valence-corrected chi connectivity index (χ3v) is 5.25. The quantitative estimate of drug-likeness (QED) is 0.938. The van der Waals surface area contributed by atoms with Crippen molar-refractivity contribution in [2.24, 2.45) is 5.92 Å². The van der Waals surface area contributed by atoms with E-state index in [1.54, 1.807) is 23.7 Å². The number of nitrogens with zero attached hydrogens (tertiary/aromatic N) is 1. The van der Waals surface area contributed by atoms with E-state index in [9.17, 15) is 4.79 Å². The Morgan fingerprint density at radius 1 is 1.43 bits per heavy atom. The van der Waals surface area contributed by atoms with Gasteiger partial charge >= 0.3 is 0 Å². The Labute approximate surface area is 129 Å². The standard InChI is InChI=1S/C17H20N2OS/c1-11-3-4-14-15(10-21-16(14)9-11)17(20)19-12(2)13-5-7-18-8-6-13/h5-8,10-12H,3-4,9H2,1-2H3,(H,19,20)/t11-,12-/m0/s1. The first-order chi connectivity index (χ1) is 10.1. The molecule has 2 heterocycles. The average Bonchev–Trinajstić information content (AvgIpc) is 2.91. The number of thiophene rings is 1. The molecule has 1 amide bonds. The van der Waals surface area contributed by atoms with Gasteiger partial charge in [0.05, 0.1) is 11.6 Å². The van der Waals surface area contributed by atoms with Gasteiger partial charge in [0.15, 0.2) is 0 Å². The monoisotopic (exact) mass is 300 g/mol. The van der Waals surface area contributed by atoms with Gasteiger partial charge in [0.2, 0.25) is 0 Å². The number of pyridine rings is 1. The Morgan fingerprint density at radius 3 is 2.95 bits per heavy atom. The summed E-state index contributed by atoms with van der Waals surface area (Å²) in [6.07, 6.45) is 6.85. The Balaban J connectivity index is 1.75. The number of hydrogen-bond donors (Lipinski definition) is 1. The van der Waals surface area contributed by atoms with Gasteiger partial charge in [0.25, 0.3) is 5.91 Å². The van der Waals surface area contributed by atoms with Gasteiger partial charge in [-0.3, -0.25) is 9.78 Å². The van der Waals surface area contributed by atoms with Crippen LogP contribution in [0.5, 0.6) is 0 Å². The number of rotatable bonds is 3. The Bertz CT molecular complexity index is 635. The molecular formula is C17H20N2OS. The van der Waals surface area contributed by atoms with E-state index in [0.29, 0.717) is 0 Å². The summed E-state index contributed by atoms with van der Waals surface area (Å²) >= 11 is 1.74. The van der Waals surface area contributed by atoms with Crippen molar-refractivity contribution in [3.05, 3.63) is 51.5 Å². The van der Waals surface area contributed by atoms with E-state index in [4.69, 9.17) is 0 Å². The summed E-state index contributed by atoms with van der Waals surface area (Å²) in [4.78, 5) is 17.9. The largest absolute Gasteiger partial charge is 0.345 e. The maximum Gasteiger partial charge on any atom is 0.252 e. The zero-order chi connectivity index (χ0) is 14.8. The van der Waals surface area contributed by atoms with Crippen LogP contribution in [0.25, 0.3) is 0 Å². The Morgan fingerprint density at radius 2 is 2.19 bits per heavy atom. The molecule has 2 atom stereocenters. The number of hydrogen-bond acceptors (Lipinski definition) is 3. The summed E-state index contributed by atoms with van der Waals surface area (Å²) in [5.41, 5.74) is 3.23. The number of amides is 1. The van der Waals surface area contributed by atoms with Gasteiger partial charge in [-0.05, 0) is 55.4 Å². The molecule has 0 spiro atoms. The first-order valence-corrected chi connectivity index (χ1v) is 8.33. The zero-order valence-corrected chi connectivity index (χ0v) is 13.2. The maximum atomic E-state index is 12.5. The van der Waals surface area contributed by atoms with Gasteiger partial charge in [-0.15, -0.1) is 11.3 Å². The van der Waals surface area contributed by atoms with Crippen molar-refractivity contribution in [1.29, 1.82) is 0 Å². The Kier molecular flexibility index (Phi) is 4.06. The molecule has 0 aromatic carbocycles. The molecular weight excluding hydrogens is 280 g/mol. The van der Waals surface area contributed by atoms with E-state index in [1.165, 1.54) is 16.9 Å². The van der Waals surface area contributed by atoms with Crippen LogP contribution in [0.4, 0.5) is 0 Å². The van der Waals surface area contributed by atoms with Crippen LogP contribution in [0.3, 0.4) is 0 Å². The lowest BCUT2D eigenvalue weighted by Crippen LogP contribution is -2.27. The second-order valence-corrected chi connectivity index (χ2v) is 6.84. The summed E-state index contributed by atoms with van der Waals surface area (Å²) in [6.45, 7) is 4.29. The SMILES string of the molecule is C[C@H]1CCc2c(C(=O)N[C@@H](C)c3ccncc3)csc2C1. The lowest BCUT2D eigenvalue weighted by molar-refractivity contribution is 0.0939. The molecule has 1 N–H and O–H groups in total. The maximum absolute atomic E-state index is 12.5. The van der Waals surface area contributed by atoms with E-state index in [0.717, 1.165) is 29.9 Å². The normalized spacial score (nSPS) is 18.9. The minimum absolute atomic E-state index is 0.00133. The molecule has 3 nitrogen and oxygen atoms in total. The van der Waals surface area contributed by atoms with Gasteiger partial charge in [0, 0.05) is 22.7 Å². The fourth-order valence-corrected chi connectivity index (χ4v) is 4.12. The van der Waals surface area contributed by atoms with Crippen molar-refractivity contribution in [2.45, 2.75) is 39.2 Å². The predicted octanol–water partition coefficient (Wildman–Crippen LogP) is 3.76. The number of carbonyl (C=O) groups is 1. The third-order valence-electron chi connectivity index (χ3n) is 4.20. The minimum Gasteiger partial charge on any atom is -0.345 e. The molecule has 21 heavy (non-hydrogen) atoms. The molecule has 3 rings (SSSR count). The molecule has 0 saturated heterocycles. The summed E-state index contributed by atoms with van der Waals surface area (Å²) in [7, 11) is 0. The highest BCUT2D eigenvalue weighted by atomic mass is 32.1. The van der Waals surface area contributed by atoms with E-state index >= 15 is 0 Å². The molecule has 0 bridgehead atoms. The van der Waals surface area contributed by atoms with E-state index < -0.39 is 0 Å². The van der Waals surface area contributed by atoms with Crippen LogP contribution >= 0.6 is 11.3 Å². The van der Waals surface area contributed by atoms with Crippen LogP contribution < -0.4 is 5.32 Å². The van der Waals surface area contributed by atoms with Crippen molar-refractivity contribution in [3.8, 4) is 0 Å². The van der Waals surface area contributed by atoms with Crippen LogP contribution in [0.2, 0.25) is 0 Å². The van der Waals surface area contributed by atoms with Crippen molar-refractivity contribution in [1.82, 2.24) is 10.3 Å². The second-order valence-electron chi connectivity index (χ2n) is 5.87. The van der Waals surface area contributed by atoms with Gasteiger partial charge in [-0.2, -0.15) is 0 Å². The van der Waals surface area contributed by atoms with Crippen molar-refractivity contribution in [2.75, 3.05) is 0 Å². The fraction of sp³-hybridized carbons (Fsp3) is 0.412. The van der Waals surface area contributed by atoms with Crippen LogP contribution in [0.1, 0.15) is 52.7 Å². The molecule has 2 aromatic rings.